The first-order chi connectivity index (χ1) is 25.7. The topological polar surface area (TPSA) is 170 Å². The van der Waals surface area contributed by atoms with Crippen LogP contribution in [-0.4, -0.2) is 147 Å². The molecule has 0 spiro atoms. The van der Waals surface area contributed by atoms with E-state index < -0.39 is 36.1 Å². The van der Waals surface area contributed by atoms with Crippen molar-refractivity contribution in [2.75, 3.05) is 67.1 Å². The molecule has 2 saturated heterocycles. The molecule has 14 heteroatoms. The van der Waals surface area contributed by atoms with Crippen LogP contribution in [0, 0.1) is 23.7 Å². The highest BCUT2D eigenvalue weighted by atomic mass is 16.5. The van der Waals surface area contributed by atoms with Crippen LogP contribution in [0.15, 0.2) is 30.3 Å². The van der Waals surface area contributed by atoms with Gasteiger partial charge in [-0.05, 0) is 36.7 Å². The number of hydrogen-bond donors (Lipinski definition) is 4. The summed E-state index contributed by atoms with van der Waals surface area (Å²) < 4.78 is 11.8. The van der Waals surface area contributed by atoms with Gasteiger partial charge in [-0.25, -0.2) is 0 Å². The van der Waals surface area contributed by atoms with Crippen LogP contribution in [-0.2, 0) is 39.9 Å². The van der Waals surface area contributed by atoms with Gasteiger partial charge in [-0.3, -0.25) is 28.9 Å². The van der Waals surface area contributed by atoms with Gasteiger partial charge in [0.25, 0.3) is 0 Å². The van der Waals surface area contributed by atoms with Crippen molar-refractivity contribution in [3.63, 3.8) is 0 Å². The number of rotatable bonds is 21. The maximum absolute atomic E-state index is 14.1. The van der Waals surface area contributed by atoms with Crippen LogP contribution in [0.3, 0.4) is 0 Å². The molecule has 54 heavy (non-hydrogen) atoms. The Balaban J connectivity index is 1.66. The van der Waals surface area contributed by atoms with Crippen molar-refractivity contribution in [1.29, 1.82) is 0 Å². The van der Waals surface area contributed by atoms with E-state index in [1.807, 2.05) is 58.0 Å². The number of hydrogen-bond acceptors (Lipinski definition) is 9. The molecule has 4 N–H and O–H groups in total. The van der Waals surface area contributed by atoms with Gasteiger partial charge in [0.15, 0.2) is 0 Å². The van der Waals surface area contributed by atoms with Crippen LogP contribution in [0.1, 0.15) is 65.9 Å². The molecule has 14 nitrogen and oxygen atoms in total. The zero-order chi connectivity index (χ0) is 39.9. The van der Waals surface area contributed by atoms with Crippen LogP contribution in [0.5, 0.6) is 0 Å². The lowest BCUT2D eigenvalue weighted by Gasteiger charge is -2.39. The van der Waals surface area contributed by atoms with Crippen molar-refractivity contribution in [2.24, 2.45) is 23.7 Å². The minimum absolute atomic E-state index is 0.0151. The number of ether oxygens (including phenoxy) is 2. The maximum Gasteiger partial charge on any atom is 0.308 e. The van der Waals surface area contributed by atoms with E-state index in [-0.39, 0.29) is 73.5 Å². The van der Waals surface area contributed by atoms with Gasteiger partial charge in [-0.1, -0.05) is 71.4 Å². The number of likely N-dealkylation sites (tertiary alicyclic amines) is 1. The standard InChI is InChI=1S/C40H66N6O8/c1-9-27(4)36(44(6)34(48)25-43-39(50)35(26(2)3)45-20-17-41-18-21-45)32(53-7)23-33(47)46-19-13-16-31(46)37(54-8)28(5)38(49)42-24-30(40(51)52)22-29-14-11-10-12-15-29/h10-12,14-15,26-28,30-32,35-37,41H,9,13,16-25H2,1-8H3,(H,42,49)(H,43,50)(H,51,52). The maximum atomic E-state index is 14.1. The van der Waals surface area contributed by atoms with Gasteiger partial charge in [0.05, 0.1) is 55.1 Å². The molecule has 2 fully saturated rings. The van der Waals surface area contributed by atoms with E-state index in [1.54, 1.807) is 30.9 Å². The first-order valence-electron chi connectivity index (χ1n) is 19.6. The van der Waals surface area contributed by atoms with E-state index in [1.165, 1.54) is 7.11 Å². The predicted molar refractivity (Wildman–Crippen MR) is 206 cm³/mol. The Labute approximate surface area is 322 Å². The molecular formula is C40H66N6O8. The predicted octanol–water partition coefficient (Wildman–Crippen LogP) is 2.01. The third-order valence-electron chi connectivity index (χ3n) is 11.4. The Morgan fingerprint density at radius 2 is 1.63 bits per heavy atom. The number of methoxy groups -OCH3 is 2. The van der Waals surface area contributed by atoms with E-state index >= 15 is 0 Å². The van der Waals surface area contributed by atoms with Gasteiger partial charge in [0.1, 0.15) is 0 Å². The summed E-state index contributed by atoms with van der Waals surface area (Å²) in [6, 6.07) is 8.14. The van der Waals surface area contributed by atoms with Crippen molar-refractivity contribution < 1.29 is 38.6 Å². The molecule has 8 atom stereocenters. The third-order valence-corrected chi connectivity index (χ3v) is 11.4. The highest BCUT2D eigenvalue weighted by Crippen LogP contribution is 2.29. The number of nitrogens with zero attached hydrogens (tertiary/aromatic N) is 3. The Morgan fingerprint density at radius 1 is 0.963 bits per heavy atom. The molecule has 0 radical (unpaired) electrons. The van der Waals surface area contributed by atoms with Crippen molar-refractivity contribution in [3.05, 3.63) is 35.9 Å². The van der Waals surface area contributed by atoms with E-state index in [9.17, 15) is 29.1 Å². The molecule has 2 aliphatic heterocycles. The molecule has 304 valence electrons. The number of benzene rings is 1. The van der Waals surface area contributed by atoms with Crippen LogP contribution in [0.4, 0.5) is 0 Å². The fourth-order valence-corrected chi connectivity index (χ4v) is 8.10. The quantitative estimate of drug-likeness (QED) is 0.146. The summed E-state index contributed by atoms with van der Waals surface area (Å²) in [5.41, 5.74) is 0.871. The molecule has 3 rings (SSSR count). The lowest BCUT2D eigenvalue weighted by molar-refractivity contribution is -0.146. The van der Waals surface area contributed by atoms with E-state index in [0.29, 0.717) is 13.0 Å². The fraction of sp³-hybridized carbons (Fsp3) is 0.725. The third kappa shape index (κ3) is 12.2. The highest BCUT2D eigenvalue weighted by molar-refractivity contribution is 5.88. The highest BCUT2D eigenvalue weighted by Gasteiger charge is 2.42. The fourth-order valence-electron chi connectivity index (χ4n) is 8.10. The lowest BCUT2D eigenvalue weighted by Crippen LogP contribution is -2.57. The lowest BCUT2D eigenvalue weighted by atomic mass is 9.90. The first-order valence-corrected chi connectivity index (χ1v) is 19.6. The van der Waals surface area contributed by atoms with Gasteiger partial charge in [-0.15, -0.1) is 0 Å². The van der Waals surface area contributed by atoms with E-state index in [0.717, 1.165) is 44.6 Å². The molecule has 0 bridgehead atoms. The second-order valence-electron chi connectivity index (χ2n) is 15.3. The zero-order valence-electron chi connectivity index (χ0n) is 33.7. The van der Waals surface area contributed by atoms with E-state index in [4.69, 9.17) is 9.47 Å². The molecule has 8 unspecified atom stereocenters. The number of carbonyl (C=O) groups is 5. The number of nitrogens with one attached hydrogen (secondary N) is 3. The van der Waals surface area contributed by atoms with Gasteiger partial charge in [0, 0.05) is 60.5 Å². The number of amides is 4. The molecular weight excluding hydrogens is 692 g/mol. The van der Waals surface area contributed by atoms with Crippen LogP contribution >= 0.6 is 0 Å². The summed E-state index contributed by atoms with van der Waals surface area (Å²) in [5.74, 6) is -3.33. The molecule has 0 aliphatic carbocycles. The van der Waals surface area contributed by atoms with Crippen LogP contribution < -0.4 is 16.0 Å². The van der Waals surface area contributed by atoms with E-state index in [2.05, 4.69) is 20.9 Å². The average molecular weight is 759 g/mol. The van der Waals surface area contributed by atoms with Gasteiger partial charge in [-0.2, -0.15) is 0 Å². The summed E-state index contributed by atoms with van der Waals surface area (Å²) in [6.45, 7) is 13.3. The second kappa shape index (κ2) is 22.1. The normalized spacial score (nSPS) is 20.3. The summed E-state index contributed by atoms with van der Waals surface area (Å²) >= 11 is 0. The van der Waals surface area contributed by atoms with Crippen molar-refractivity contribution in [3.8, 4) is 0 Å². The molecule has 0 saturated carbocycles. The number of carboxylic acid groups (broad SMARTS) is 1. The van der Waals surface area contributed by atoms with Crippen molar-refractivity contribution >= 4 is 29.6 Å². The summed E-state index contributed by atoms with van der Waals surface area (Å²) in [6.07, 6.45) is 1.17. The van der Waals surface area contributed by atoms with Crippen molar-refractivity contribution in [1.82, 2.24) is 30.7 Å². The number of piperazine rings is 1. The second-order valence-corrected chi connectivity index (χ2v) is 15.3. The minimum Gasteiger partial charge on any atom is -0.481 e. The smallest absolute Gasteiger partial charge is 0.308 e. The van der Waals surface area contributed by atoms with Gasteiger partial charge < -0.3 is 40.3 Å². The van der Waals surface area contributed by atoms with Crippen molar-refractivity contribution in [2.45, 2.75) is 97.1 Å². The monoisotopic (exact) mass is 758 g/mol. The zero-order valence-corrected chi connectivity index (χ0v) is 33.7. The van der Waals surface area contributed by atoms with Crippen LogP contribution in [0.2, 0.25) is 0 Å². The molecule has 1 aromatic carbocycles. The Hall–Kier alpha value is -3.59. The summed E-state index contributed by atoms with van der Waals surface area (Å²) in [5, 5.41) is 18.8. The molecule has 2 aliphatic rings. The molecule has 2 heterocycles. The Morgan fingerprint density at radius 3 is 2.20 bits per heavy atom. The summed E-state index contributed by atoms with van der Waals surface area (Å²) in [7, 11) is 4.77. The largest absolute Gasteiger partial charge is 0.481 e. The number of carboxylic acids is 1. The van der Waals surface area contributed by atoms with Crippen LogP contribution in [0.25, 0.3) is 0 Å². The Kier molecular flexibility index (Phi) is 18.3. The minimum atomic E-state index is -0.992. The molecule has 0 aromatic heterocycles. The van der Waals surface area contributed by atoms with Gasteiger partial charge >= 0.3 is 5.97 Å². The SMILES string of the molecule is CCC(C)C(C(CC(=O)N1CCCC1C(OC)C(C)C(=O)NCC(Cc1ccccc1)C(=O)O)OC)N(C)C(=O)CNC(=O)C(C(C)C)N1CCNCC1. The molecule has 1 aromatic rings. The molecule has 4 amide bonds. The first kappa shape index (κ1) is 44.8. The van der Waals surface area contributed by atoms with Gasteiger partial charge in [0.2, 0.25) is 23.6 Å². The average Bonchev–Trinajstić information content (AvgIpc) is 3.65. The Bertz CT molecular complexity index is 1360. The number of carbonyl (C=O) groups excluding carboxylic acids is 4. The number of aliphatic carboxylic acids is 1. The summed E-state index contributed by atoms with van der Waals surface area (Å²) in [4.78, 5) is 72.0. The number of likely N-dealkylation sites (N-methyl/N-ethyl adjacent to an activating group) is 1.